The number of aliphatic hydroxyl groups is 1. The summed E-state index contributed by atoms with van der Waals surface area (Å²) in [6.07, 6.45) is -0.108. The Labute approximate surface area is 94.2 Å². The zero-order chi connectivity index (χ0) is 11.8. The molecule has 1 heterocycles. The van der Waals surface area contributed by atoms with Gasteiger partial charge in [0.25, 0.3) is 0 Å². The van der Waals surface area contributed by atoms with Crippen LogP contribution in [0.5, 0.6) is 0 Å². The maximum atomic E-state index is 11.2. The third-order valence-corrected chi connectivity index (χ3v) is 3.08. The average molecular weight is 221 g/mol. The van der Waals surface area contributed by atoms with Crippen molar-refractivity contribution in [3.8, 4) is 0 Å². The van der Waals surface area contributed by atoms with Crippen molar-refractivity contribution in [3.05, 3.63) is 35.9 Å². The van der Waals surface area contributed by atoms with Crippen LogP contribution in [0, 0.1) is 0 Å². The van der Waals surface area contributed by atoms with Crippen LogP contribution >= 0.6 is 0 Å². The molecule has 1 aromatic rings. The Morgan fingerprint density at radius 3 is 2.44 bits per heavy atom. The molecule has 0 radical (unpaired) electrons. The van der Waals surface area contributed by atoms with Crippen LogP contribution in [0.25, 0.3) is 0 Å². The van der Waals surface area contributed by atoms with Gasteiger partial charge >= 0.3 is 6.09 Å². The Balaban J connectivity index is 2.23. The largest absolute Gasteiger partial charge is 0.438 e. The molecule has 0 unspecified atom stereocenters. The van der Waals surface area contributed by atoms with Gasteiger partial charge < -0.3 is 9.84 Å². The van der Waals surface area contributed by atoms with Gasteiger partial charge in [0.05, 0.1) is 0 Å². The first-order chi connectivity index (χ1) is 7.43. The lowest BCUT2D eigenvalue weighted by Gasteiger charge is -2.32. The Hall–Kier alpha value is -1.55. The van der Waals surface area contributed by atoms with Gasteiger partial charge in [-0.25, -0.2) is 4.79 Å². The Morgan fingerprint density at radius 2 is 1.94 bits per heavy atom. The quantitative estimate of drug-likeness (QED) is 0.794. The maximum absolute atomic E-state index is 11.2. The highest BCUT2D eigenvalue weighted by atomic mass is 16.6. The second-order valence-corrected chi connectivity index (χ2v) is 4.48. The number of ether oxygens (including phenoxy) is 1. The van der Waals surface area contributed by atoms with Crippen LogP contribution in [0.4, 0.5) is 4.79 Å². The summed E-state index contributed by atoms with van der Waals surface area (Å²) in [5.74, 6) is 0. The Morgan fingerprint density at radius 1 is 1.31 bits per heavy atom. The fourth-order valence-corrected chi connectivity index (χ4v) is 1.85. The number of nitrogens with one attached hydrogen (secondary N) is 1. The van der Waals surface area contributed by atoms with E-state index in [9.17, 15) is 9.90 Å². The number of cyclic esters (lactones) is 1. The molecule has 1 amide bonds. The van der Waals surface area contributed by atoms with Gasteiger partial charge in [0.2, 0.25) is 0 Å². The molecule has 2 rings (SSSR count). The lowest BCUT2D eigenvalue weighted by atomic mass is 9.87. The molecular formula is C12H15NO3. The number of benzene rings is 1. The molecule has 1 aliphatic rings. The van der Waals surface area contributed by atoms with Gasteiger partial charge in [-0.2, -0.15) is 0 Å². The summed E-state index contributed by atoms with van der Waals surface area (Å²) in [5.41, 5.74) is -1.27. The number of hydrogen-bond donors (Lipinski definition) is 2. The van der Waals surface area contributed by atoms with Crippen molar-refractivity contribution in [3.63, 3.8) is 0 Å². The first-order valence-corrected chi connectivity index (χ1v) is 5.20. The second-order valence-electron chi connectivity index (χ2n) is 4.48. The first-order valence-electron chi connectivity index (χ1n) is 5.20. The van der Waals surface area contributed by atoms with Crippen LogP contribution in [-0.4, -0.2) is 22.5 Å². The standard InChI is InChI=1S/C12H15NO3/c1-11(8-9-6-4-3-5-7-9)12(2,15)13-10(14)16-11/h3-7,15H,8H2,1-2H3,(H,13,14)/t11-,12+/m1/s1. The van der Waals surface area contributed by atoms with E-state index in [0.717, 1.165) is 5.56 Å². The first kappa shape index (κ1) is 11.0. The number of amides is 1. The van der Waals surface area contributed by atoms with Crippen molar-refractivity contribution < 1.29 is 14.6 Å². The smallest absolute Gasteiger partial charge is 0.410 e. The summed E-state index contributed by atoms with van der Waals surface area (Å²) >= 11 is 0. The highest BCUT2D eigenvalue weighted by Crippen LogP contribution is 2.32. The summed E-state index contributed by atoms with van der Waals surface area (Å²) in [6.45, 7) is 3.26. The molecule has 2 N–H and O–H groups in total. The van der Waals surface area contributed by atoms with Crippen molar-refractivity contribution in [2.45, 2.75) is 31.6 Å². The molecule has 2 atom stereocenters. The fourth-order valence-electron chi connectivity index (χ4n) is 1.85. The molecule has 0 saturated carbocycles. The minimum absolute atomic E-state index is 0.472. The SMILES string of the molecule is C[C@]1(Cc2ccccc2)OC(=O)N[C@@]1(C)O. The lowest BCUT2D eigenvalue weighted by molar-refractivity contribution is -0.0931. The van der Waals surface area contributed by atoms with Crippen LogP contribution in [0.1, 0.15) is 19.4 Å². The van der Waals surface area contributed by atoms with Crippen molar-refractivity contribution >= 4 is 6.09 Å². The van der Waals surface area contributed by atoms with E-state index < -0.39 is 17.4 Å². The molecule has 86 valence electrons. The van der Waals surface area contributed by atoms with Crippen molar-refractivity contribution in [1.82, 2.24) is 5.32 Å². The van der Waals surface area contributed by atoms with Gasteiger partial charge in [0.15, 0.2) is 11.3 Å². The molecule has 1 fully saturated rings. The minimum atomic E-state index is -1.35. The van der Waals surface area contributed by atoms with Gasteiger partial charge in [-0.15, -0.1) is 0 Å². The summed E-state index contributed by atoms with van der Waals surface area (Å²) < 4.78 is 5.17. The third-order valence-electron chi connectivity index (χ3n) is 3.08. The van der Waals surface area contributed by atoms with E-state index in [2.05, 4.69) is 5.32 Å². The van der Waals surface area contributed by atoms with Crippen LogP contribution < -0.4 is 5.32 Å². The Bertz CT molecular complexity index is 402. The minimum Gasteiger partial charge on any atom is -0.438 e. The lowest BCUT2D eigenvalue weighted by Crippen LogP contribution is -2.54. The van der Waals surface area contributed by atoms with Crippen LogP contribution in [0.15, 0.2) is 30.3 Å². The predicted molar refractivity (Wildman–Crippen MR) is 58.8 cm³/mol. The summed E-state index contributed by atoms with van der Waals surface area (Å²) in [4.78, 5) is 11.2. The molecule has 0 aliphatic carbocycles. The van der Waals surface area contributed by atoms with Crippen LogP contribution in [-0.2, 0) is 11.2 Å². The van der Waals surface area contributed by atoms with E-state index in [1.807, 2.05) is 30.3 Å². The maximum Gasteiger partial charge on any atom is 0.410 e. The zero-order valence-corrected chi connectivity index (χ0v) is 9.36. The fraction of sp³-hybridized carbons (Fsp3) is 0.417. The predicted octanol–water partition coefficient (Wildman–Crippen LogP) is 1.44. The van der Waals surface area contributed by atoms with E-state index in [0.29, 0.717) is 6.42 Å². The highest BCUT2D eigenvalue weighted by molar-refractivity contribution is 5.71. The summed E-state index contributed by atoms with van der Waals surface area (Å²) in [5, 5.41) is 12.5. The van der Waals surface area contributed by atoms with E-state index >= 15 is 0 Å². The number of hydrogen-bond acceptors (Lipinski definition) is 3. The number of carbonyl (C=O) groups excluding carboxylic acids is 1. The van der Waals surface area contributed by atoms with E-state index in [1.165, 1.54) is 0 Å². The van der Waals surface area contributed by atoms with Crippen LogP contribution in [0.2, 0.25) is 0 Å². The molecule has 4 nitrogen and oxygen atoms in total. The van der Waals surface area contributed by atoms with Gasteiger partial charge in [0, 0.05) is 6.42 Å². The normalized spacial score (nSPS) is 33.3. The van der Waals surface area contributed by atoms with E-state index in [1.54, 1.807) is 13.8 Å². The van der Waals surface area contributed by atoms with Gasteiger partial charge in [0.1, 0.15) is 0 Å². The van der Waals surface area contributed by atoms with Crippen molar-refractivity contribution in [2.75, 3.05) is 0 Å². The summed E-state index contributed by atoms with van der Waals surface area (Å²) in [7, 11) is 0. The molecule has 0 bridgehead atoms. The Kier molecular flexibility index (Phi) is 2.39. The molecule has 1 aliphatic heterocycles. The average Bonchev–Trinajstić information content (AvgIpc) is 2.36. The van der Waals surface area contributed by atoms with Crippen LogP contribution in [0.3, 0.4) is 0 Å². The molecular weight excluding hydrogens is 206 g/mol. The topological polar surface area (TPSA) is 58.6 Å². The second kappa shape index (κ2) is 3.49. The van der Waals surface area contributed by atoms with Crippen molar-refractivity contribution in [2.24, 2.45) is 0 Å². The number of carbonyl (C=O) groups is 1. The van der Waals surface area contributed by atoms with E-state index in [4.69, 9.17) is 4.74 Å². The number of rotatable bonds is 2. The molecule has 0 spiro atoms. The molecule has 1 saturated heterocycles. The molecule has 16 heavy (non-hydrogen) atoms. The number of alkyl carbamates (subject to hydrolysis) is 1. The zero-order valence-electron chi connectivity index (χ0n) is 9.36. The van der Waals surface area contributed by atoms with Crippen molar-refractivity contribution in [1.29, 1.82) is 0 Å². The summed E-state index contributed by atoms with van der Waals surface area (Å²) in [6, 6.07) is 9.62. The molecule has 4 heteroatoms. The molecule has 0 aromatic heterocycles. The highest BCUT2D eigenvalue weighted by Gasteiger charge is 2.53. The van der Waals surface area contributed by atoms with Gasteiger partial charge in [-0.1, -0.05) is 30.3 Å². The monoisotopic (exact) mass is 221 g/mol. The van der Waals surface area contributed by atoms with Gasteiger partial charge in [-0.3, -0.25) is 5.32 Å². The van der Waals surface area contributed by atoms with E-state index in [-0.39, 0.29) is 0 Å². The third kappa shape index (κ3) is 1.76. The molecule has 1 aromatic carbocycles. The van der Waals surface area contributed by atoms with Gasteiger partial charge in [-0.05, 0) is 19.4 Å².